The van der Waals surface area contributed by atoms with Gasteiger partial charge < -0.3 is 0 Å². The van der Waals surface area contributed by atoms with Crippen molar-refractivity contribution in [1.82, 2.24) is 0 Å². The van der Waals surface area contributed by atoms with Crippen molar-refractivity contribution in [3.63, 3.8) is 0 Å². The summed E-state index contributed by atoms with van der Waals surface area (Å²) in [6, 6.07) is 10.6. The maximum absolute atomic E-state index is 8.45. The number of rotatable bonds is 0. The fourth-order valence-electron chi connectivity index (χ4n) is 0.678. The smallest absolute Gasteiger partial charge is 0.101 e. The molecule has 11 heavy (non-hydrogen) atoms. The molecule has 56 valence electrons. The van der Waals surface area contributed by atoms with E-state index in [1.165, 1.54) is 0 Å². The SMILES string of the molecule is N#Cc1ccccc1C#N.[Ni]. The first-order chi connectivity index (χ1) is 4.88. The number of nitrogens with zero attached hydrogens (tertiary/aromatic N) is 2. The predicted molar refractivity (Wildman–Crippen MR) is 35.9 cm³/mol. The van der Waals surface area contributed by atoms with Gasteiger partial charge in [-0.25, -0.2) is 0 Å². The van der Waals surface area contributed by atoms with Gasteiger partial charge in [0.1, 0.15) is 12.1 Å². The van der Waals surface area contributed by atoms with Crippen LogP contribution in [0.2, 0.25) is 0 Å². The molecule has 0 aliphatic carbocycles. The van der Waals surface area contributed by atoms with Crippen LogP contribution >= 0.6 is 0 Å². The Bertz CT molecular complexity index is 287. The Morgan fingerprint density at radius 2 is 1.27 bits per heavy atom. The second-order valence-electron chi connectivity index (χ2n) is 1.77. The molecule has 0 aliphatic heterocycles. The number of hydrogen-bond acceptors (Lipinski definition) is 2. The molecular weight excluding hydrogens is 183 g/mol. The zero-order valence-corrected chi connectivity index (χ0v) is 6.51. The summed E-state index contributed by atoms with van der Waals surface area (Å²) < 4.78 is 0. The largest absolute Gasteiger partial charge is 0.192 e. The average Bonchev–Trinajstić information content (AvgIpc) is 2.04. The van der Waals surface area contributed by atoms with Crippen molar-refractivity contribution in [3.05, 3.63) is 35.4 Å². The summed E-state index contributed by atoms with van der Waals surface area (Å²) in [7, 11) is 0. The summed E-state index contributed by atoms with van der Waals surface area (Å²) in [4.78, 5) is 0. The maximum Gasteiger partial charge on any atom is 0.101 e. The van der Waals surface area contributed by atoms with Crippen LogP contribution in [0.25, 0.3) is 0 Å². The van der Waals surface area contributed by atoms with E-state index in [1.807, 2.05) is 12.1 Å². The van der Waals surface area contributed by atoms with Gasteiger partial charge in [-0.05, 0) is 12.1 Å². The van der Waals surface area contributed by atoms with Crippen LogP contribution in [0.3, 0.4) is 0 Å². The minimum Gasteiger partial charge on any atom is -0.192 e. The van der Waals surface area contributed by atoms with Crippen LogP contribution in [0.4, 0.5) is 0 Å². The second-order valence-corrected chi connectivity index (χ2v) is 1.77. The first-order valence-corrected chi connectivity index (χ1v) is 2.77. The van der Waals surface area contributed by atoms with Crippen LogP contribution in [0.1, 0.15) is 11.1 Å². The Kier molecular flexibility index (Phi) is 3.97. The Morgan fingerprint density at radius 1 is 0.909 bits per heavy atom. The summed E-state index contributed by atoms with van der Waals surface area (Å²) in [6.07, 6.45) is 0. The third-order valence-corrected chi connectivity index (χ3v) is 1.17. The van der Waals surface area contributed by atoms with Crippen molar-refractivity contribution in [3.8, 4) is 12.1 Å². The summed E-state index contributed by atoms with van der Waals surface area (Å²) in [5.41, 5.74) is 0.870. The maximum atomic E-state index is 8.45. The molecule has 0 heterocycles. The fourth-order valence-corrected chi connectivity index (χ4v) is 0.678. The van der Waals surface area contributed by atoms with Gasteiger partial charge in [-0.3, -0.25) is 0 Å². The molecule has 0 fully saturated rings. The molecule has 0 saturated carbocycles. The monoisotopic (exact) mass is 186 g/mol. The van der Waals surface area contributed by atoms with Crippen LogP contribution in [0.15, 0.2) is 24.3 Å². The molecule has 0 bridgehead atoms. The average molecular weight is 187 g/mol. The Morgan fingerprint density at radius 3 is 1.55 bits per heavy atom. The standard InChI is InChI=1S/C8H4N2.Ni/c9-5-7-3-1-2-4-8(7)6-10;/h1-4H;. The molecule has 0 spiro atoms. The quantitative estimate of drug-likeness (QED) is 0.576. The molecule has 0 atom stereocenters. The Labute approximate surface area is 75.0 Å². The van der Waals surface area contributed by atoms with Crippen LogP contribution < -0.4 is 0 Å². The first-order valence-electron chi connectivity index (χ1n) is 2.77. The molecule has 0 aromatic heterocycles. The zero-order chi connectivity index (χ0) is 7.40. The minimum atomic E-state index is 0. The van der Waals surface area contributed by atoms with Crippen molar-refractivity contribution < 1.29 is 16.5 Å². The van der Waals surface area contributed by atoms with E-state index in [4.69, 9.17) is 10.5 Å². The van der Waals surface area contributed by atoms with Gasteiger partial charge in [-0.1, -0.05) is 12.1 Å². The number of benzene rings is 1. The molecule has 0 amide bonds. The van der Waals surface area contributed by atoms with E-state index in [0.29, 0.717) is 11.1 Å². The molecule has 1 rings (SSSR count). The van der Waals surface area contributed by atoms with Gasteiger partial charge in [0.25, 0.3) is 0 Å². The third-order valence-electron chi connectivity index (χ3n) is 1.17. The second kappa shape index (κ2) is 4.50. The molecule has 3 heteroatoms. The van der Waals surface area contributed by atoms with E-state index in [0.717, 1.165) is 0 Å². The summed E-state index contributed by atoms with van der Waals surface area (Å²) in [5.74, 6) is 0. The molecule has 2 nitrogen and oxygen atoms in total. The Hall–Kier alpha value is -1.31. The van der Waals surface area contributed by atoms with E-state index in [2.05, 4.69) is 0 Å². The molecule has 1 aromatic carbocycles. The molecule has 0 saturated heterocycles. The van der Waals surface area contributed by atoms with Crippen molar-refractivity contribution >= 4 is 0 Å². The molecular formula is C8H4N2Ni. The van der Waals surface area contributed by atoms with Crippen molar-refractivity contribution in [2.24, 2.45) is 0 Å². The Balaban J connectivity index is 0.000001000. The van der Waals surface area contributed by atoms with E-state index < -0.39 is 0 Å². The van der Waals surface area contributed by atoms with E-state index in [-0.39, 0.29) is 16.5 Å². The van der Waals surface area contributed by atoms with E-state index in [9.17, 15) is 0 Å². The summed E-state index contributed by atoms with van der Waals surface area (Å²) >= 11 is 0. The van der Waals surface area contributed by atoms with Gasteiger partial charge in [0.15, 0.2) is 0 Å². The first kappa shape index (κ1) is 9.69. The van der Waals surface area contributed by atoms with Gasteiger partial charge in [-0.15, -0.1) is 0 Å². The van der Waals surface area contributed by atoms with Gasteiger partial charge in [0, 0.05) is 16.5 Å². The summed E-state index contributed by atoms with van der Waals surface area (Å²) in [6.45, 7) is 0. The van der Waals surface area contributed by atoms with Crippen molar-refractivity contribution in [2.45, 2.75) is 0 Å². The zero-order valence-electron chi connectivity index (χ0n) is 5.52. The van der Waals surface area contributed by atoms with Gasteiger partial charge >= 0.3 is 0 Å². The topological polar surface area (TPSA) is 47.6 Å². The number of nitriles is 2. The molecule has 0 N–H and O–H groups in total. The van der Waals surface area contributed by atoms with Crippen molar-refractivity contribution in [1.29, 1.82) is 10.5 Å². The van der Waals surface area contributed by atoms with Crippen LogP contribution in [0, 0.1) is 22.7 Å². The normalized spacial score (nSPS) is 7.09. The third kappa shape index (κ3) is 2.08. The van der Waals surface area contributed by atoms with Gasteiger partial charge in [0.05, 0.1) is 11.1 Å². The van der Waals surface area contributed by atoms with E-state index in [1.54, 1.807) is 24.3 Å². The van der Waals surface area contributed by atoms with Crippen LogP contribution in [-0.4, -0.2) is 0 Å². The number of hydrogen-bond donors (Lipinski definition) is 0. The molecule has 0 unspecified atom stereocenters. The molecule has 1 aromatic rings. The van der Waals surface area contributed by atoms with Gasteiger partial charge in [0.2, 0.25) is 0 Å². The molecule has 0 radical (unpaired) electrons. The molecule has 0 aliphatic rings. The minimum absolute atomic E-state index is 0. The summed E-state index contributed by atoms with van der Waals surface area (Å²) in [5, 5.41) is 16.9. The van der Waals surface area contributed by atoms with Crippen LogP contribution in [0.5, 0.6) is 0 Å². The van der Waals surface area contributed by atoms with Gasteiger partial charge in [-0.2, -0.15) is 10.5 Å². The van der Waals surface area contributed by atoms with Crippen LogP contribution in [-0.2, 0) is 16.5 Å². The predicted octanol–water partition coefficient (Wildman–Crippen LogP) is 1.43. The fraction of sp³-hybridized carbons (Fsp3) is 0. The van der Waals surface area contributed by atoms with Crippen molar-refractivity contribution in [2.75, 3.05) is 0 Å². The van der Waals surface area contributed by atoms with E-state index >= 15 is 0 Å².